The lowest BCUT2D eigenvalue weighted by Gasteiger charge is -2.29. The second kappa shape index (κ2) is 16.1. The minimum absolute atomic E-state index is 0.180. The third-order valence-corrected chi connectivity index (χ3v) is 11.7. The Morgan fingerprint density at radius 3 is 1.53 bits per heavy atom. The lowest BCUT2D eigenvalue weighted by molar-refractivity contribution is 1.18. The Hall–Kier alpha value is -8.20. The fourth-order valence-corrected chi connectivity index (χ4v) is 8.82. The normalized spacial score (nSPS) is 12.4. The summed E-state index contributed by atoms with van der Waals surface area (Å²) >= 11 is 0. The zero-order valence-corrected chi connectivity index (χ0v) is 33.8. The molecular weight excluding hydrogens is 749 g/mol. The molecule has 0 saturated carbocycles. The van der Waals surface area contributed by atoms with E-state index in [0.717, 1.165) is 89.1 Å². The molecule has 0 amide bonds. The molecule has 0 aliphatic rings. The topological polar surface area (TPSA) is 8.17 Å². The van der Waals surface area contributed by atoms with Gasteiger partial charge < -0.3 is 9.47 Å². The first-order valence-electron chi connectivity index (χ1n) is 23.3. The second-order valence-electron chi connectivity index (χ2n) is 15.4. The SMILES string of the molecule is [2H]c1c([2H])c([2H])c(-c2ccccc2-c2cccc(-n3c4ccccc4c4ccc(-c5ccccc5N(c5cccc(-c6ccccc6)c5)c5cccc(-c6ccccc6)c5)cc43)c2)c([2H])c1[2H]. The molecule has 0 aliphatic heterocycles. The van der Waals surface area contributed by atoms with Crippen molar-refractivity contribution in [1.29, 1.82) is 0 Å². The fourth-order valence-electron chi connectivity index (χ4n) is 8.82. The summed E-state index contributed by atoms with van der Waals surface area (Å²) in [5.41, 5.74) is 15.2. The Balaban J connectivity index is 1.09. The average molecular weight is 796 g/mol. The van der Waals surface area contributed by atoms with Crippen LogP contribution in [0.2, 0.25) is 0 Å². The molecule has 292 valence electrons. The summed E-state index contributed by atoms with van der Waals surface area (Å²) in [5.74, 6) is 0. The molecule has 0 bridgehead atoms. The van der Waals surface area contributed by atoms with Gasteiger partial charge in [-0.2, -0.15) is 0 Å². The van der Waals surface area contributed by atoms with E-state index < -0.39 is 6.04 Å². The predicted octanol–water partition coefficient (Wildman–Crippen LogP) is 16.6. The van der Waals surface area contributed by atoms with Gasteiger partial charge in [-0.25, -0.2) is 0 Å². The monoisotopic (exact) mass is 795 g/mol. The zero-order chi connectivity index (χ0) is 45.6. The van der Waals surface area contributed by atoms with E-state index in [-0.39, 0.29) is 29.7 Å². The highest BCUT2D eigenvalue weighted by Crippen LogP contribution is 2.44. The fraction of sp³-hybridized carbons (Fsp3) is 0. The number of para-hydroxylation sites is 2. The van der Waals surface area contributed by atoms with Gasteiger partial charge in [-0.15, -0.1) is 0 Å². The highest BCUT2D eigenvalue weighted by atomic mass is 15.1. The van der Waals surface area contributed by atoms with Crippen molar-refractivity contribution < 1.29 is 6.85 Å². The first-order chi connectivity index (χ1) is 32.8. The van der Waals surface area contributed by atoms with Crippen LogP contribution in [0.5, 0.6) is 0 Å². The van der Waals surface area contributed by atoms with Gasteiger partial charge in [-0.3, -0.25) is 0 Å². The minimum Gasteiger partial charge on any atom is -0.310 e. The van der Waals surface area contributed by atoms with Crippen LogP contribution in [0, 0.1) is 0 Å². The zero-order valence-electron chi connectivity index (χ0n) is 38.8. The summed E-state index contributed by atoms with van der Waals surface area (Å²) < 4.78 is 45.0. The number of aromatic nitrogens is 1. The summed E-state index contributed by atoms with van der Waals surface area (Å²) in [4.78, 5) is 2.37. The third-order valence-electron chi connectivity index (χ3n) is 11.7. The quantitative estimate of drug-likeness (QED) is 0.141. The van der Waals surface area contributed by atoms with E-state index in [2.05, 4.69) is 185 Å². The van der Waals surface area contributed by atoms with Gasteiger partial charge in [0.15, 0.2) is 0 Å². The summed E-state index contributed by atoms with van der Waals surface area (Å²) in [6, 6.07) is 76.6. The van der Waals surface area contributed by atoms with E-state index in [9.17, 15) is 0 Å². The maximum Gasteiger partial charge on any atom is 0.0629 e. The van der Waals surface area contributed by atoms with Crippen LogP contribution in [0.3, 0.4) is 0 Å². The summed E-state index contributed by atoms with van der Waals surface area (Å²) in [7, 11) is 0. The Kier molecular flexibility index (Phi) is 8.23. The van der Waals surface area contributed by atoms with Crippen LogP contribution < -0.4 is 4.90 Å². The molecule has 0 N–H and O–H groups in total. The van der Waals surface area contributed by atoms with Crippen molar-refractivity contribution in [3.63, 3.8) is 0 Å². The molecule has 1 heterocycles. The molecule has 62 heavy (non-hydrogen) atoms. The third kappa shape index (κ3) is 6.84. The molecular formula is C60H42N2. The van der Waals surface area contributed by atoms with Gasteiger partial charge >= 0.3 is 0 Å². The van der Waals surface area contributed by atoms with E-state index in [1.54, 1.807) is 0 Å². The standard InChI is InChI=1S/C60H42N2/c1-4-19-43(20-5-1)46-25-16-28-50(39-46)61(51-29-17-26-47(40-51)44-21-6-2-7-22-44)58-35-14-12-33-55(58)49-37-38-57-56-34-13-15-36-59(56)62(60(57)42-49)52-30-18-27-48(41-52)54-32-11-10-31-53(54)45-23-8-3-9-24-45/h1-42H/i3D,8D,9D,23D,24D. The van der Waals surface area contributed by atoms with Gasteiger partial charge in [0.2, 0.25) is 0 Å². The highest BCUT2D eigenvalue weighted by Gasteiger charge is 2.20. The molecule has 0 fully saturated rings. The maximum atomic E-state index is 8.81. The summed E-state index contributed by atoms with van der Waals surface area (Å²) in [6.45, 7) is 0. The number of hydrogen-bond donors (Lipinski definition) is 0. The molecule has 0 saturated heterocycles. The first kappa shape index (κ1) is 31.7. The van der Waals surface area contributed by atoms with Crippen molar-refractivity contribution in [1.82, 2.24) is 4.57 Å². The van der Waals surface area contributed by atoms with Gasteiger partial charge in [-0.1, -0.05) is 200 Å². The number of benzene rings is 10. The van der Waals surface area contributed by atoms with Crippen molar-refractivity contribution in [2.24, 2.45) is 0 Å². The van der Waals surface area contributed by atoms with E-state index in [0.29, 0.717) is 5.56 Å². The van der Waals surface area contributed by atoms with Crippen LogP contribution >= 0.6 is 0 Å². The van der Waals surface area contributed by atoms with Crippen LogP contribution in [0.25, 0.3) is 83.1 Å². The van der Waals surface area contributed by atoms with Gasteiger partial charge in [0.05, 0.1) is 23.6 Å². The highest BCUT2D eigenvalue weighted by molar-refractivity contribution is 6.10. The lowest BCUT2D eigenvalue weighted by Crippen LogP contribution is -2.11. The molecule has 0 aliphatic carbocycles. The van der Waals surface area contributed by atoms with Gasteiger partial charge in [0, 0.05) is 33.4 Å². The molecule has 2 nitrogen and oxygen atoms in total. The molecule has 0 radical (unpaired) electrons. The van der Waals surface area contributed by atoms with Crippen LogP contribution in [-0.2, 0) is 0 Å². The first-order valence-corrected chi connectivity index (χ1v) is 20.8. The number of rotatable bonds is 9. The number of anilines is 3. The van der Waals surface area contributed by atoms with Crippen molar-refractivity contribution in [2.75, 3.05) is 4.90 Å². The lowest BCUT2D eigenvalue weighted by atomic mass is 9.94. The molecule has 10 aromatic carbocycles. The molecule has 11 rings (SSSR count). The van der Waals surface area contributed by atoms with Crippen LogP contribution in [0.4, 0.5) is 17.1 Å². The van der Waals surface area contributed by atoms with Gasteiger partial charge in [0.25, 0.3) is 0 Å². The average Bonchev–Trinajstić information content (AvgIpc) is 3.72. The van der Waals surface area contributed by atoms with E-state index >= 15 is 0 Å². The molecule has 11 aromatic rings. The number of hydrogen-bond acceptors (Lipinski definition) is 1. The van der Waals surface area contributed by atoms with Gasteiger partial charge in [-0.05, 0) is 105 Å². The van der Waals surface area contributed by atoms with Crippen molar-refractivity contribution >= 4 is 38.9 Å². The maximum absolute atomic E-state index is 8.81. The molecule has 0 spiro atoms. The Morgan fingerprint density at radius 2 is 0.839 bits per heavy atom. The van der Waals surface area contributed by atoms with Crippen molar-refractivity contribution in [2.45, 2.75) is 0 Å². The largest absolute Gasteiger partial charge is 0.310 e. The Bertz CT molecular complexity index is 3540. The summed E-state index contributed by atoms with van der Waals surface area (Å²) in [6.07, 6.45) is 0. The number of fused-ring (bicyclic) bond motifs is 3. The number of nitrogens with zero attached hydrogens (tertiary/aromatic N) is 2. The Labute approximate surface area is 369 Å². The van der Waals surface area contributed by atoms with Gasteiger partial charge in [0.1, 0.15) is 0 Å². The van der Waals surface area contributed by atoms with Crippen LogP contribution in [0.1, 0.15) is 6.85 Å². The van der Waals surface area contributed by atoms with Crippen LogP contribution in [0.15, 0.2) is 255 Å². The minimum atomic E-state index is -0.409. The molecule has 0 atom stereocenters. The van der Waals surface area contributed by atoms with Crippen LogP contribution in [-0.4, -0.2) is 4.57 Å². The van der Waals surface area contributed by atoms with E-state index in [1.807, 2.05) is 48.5 Å². The van der Waals surface area contributed by atoms with Crippen molar-refractivity contribution in [3.05, 3.63) is 255 Å². The summed E-state index contributed by atoms with van der Waals surface area (Å²) in [5, 5.41) is 2.24. The van der Waals surface area contributed by atoms with Crippen molar-refractivity contribution in [3.8, 4) is 61.3 Å². The molecule has 0 unspecified atom stereocenters. The Morgan fingerprint density at radius 1 is 0.323 bits per heavy atom. The van der Waals surface area contributed by atoms with E-state index in [1.165, 1.54) is 0 Å². The molecule has 1 aromatic heterocycles. The van der Waals surface area contributed by atoms with E-state index in [4.69, 9.17) is 6.85 Å². The predicted molar refractivity (Wildman–Crippen MR) is 263 cm³/mol. The molecule has 2 heteroatoms. The second-order valence-corrected chi connectivity index (χ2v) is 15.4. The smallest absolute Gasteiger partial charge is 0.0629 e.